The Morgan fingerprint density at radius 2 is 2.16 bits per heavy atom. The number of esters is 1. The van der Waals surface area contributed by atoms with E-state index < -0.39 is 12.1 Å². The lowest BCUT2D eigenvalue weighted by atomic mass is 10.1. The highest BCUT2D eigenvalue weighted by atomic mass is 79.9. The fraction of sp³-hybridized carbons (Fsp3) is 0.154. The van der Waals surface area contributed by atoms with Crippen LogP contribution < -0.4 is 0 Å². The molecule has 0 radical (unpaired) electrons. The minimum absolute atomic E-state index is 0.0395. The molecule has 0 bridgehead atoms. The number of rotatable bonds is 3. The Balaban J connectivity index is 2.30. The van der Waals surface area contributed by atoms with Crippen molar-refractivity contribution in [2.24, 2.45) is 0 Å². The lowest BCUT2D eigenvalue weighted by Crippen LogP contribution is -2.00. The van der Waals surface area contributed by atoms with Gasteiger partial charge in [-0.2, -0.15) is 0 Å². The number of carbonyl (C=O) groups is 1. The van der Waals surface area contributed by atoms with Gasteiger partial charge in [-0.25, -0.2) is 4.79 Å². The topological polar surface area (TPSA) is 59.7 Å². The summed E-state index contributed by atoms with van der Waals surface area (Å²) in [5.41, 5.74) is 0.560. The molecule has 0 spiro atoms. The van der Waals surface area contributed by atoms with Crippen LogP contribution in [0.4, 0.5) is 0 Å². The minimum atomic E-state index is -1.01. The number of carbonyl (C=O) groups excluding carboxylic acids is 1. The number of ether oxygens (including phenoxy) is 1. The van der Waals surface area contributed by atoms with Crippen molar-refractivity contribution in [2.45, 2.75) is 6.10 Å². The highest BCUT2D eigenvalue weighted by Crippen LogP contribution is 2.29. The van der Waals surface area contributed by atoms with E-state index in [0.717, 1.165) is 4.47 Å². The Morgan fingerprint density at radius 3 is 2.79 bits per heavy atom. The van der Waals surface area contributed by atoms with Gasteiger partial charge in [0.1, 0.15) is 11.9 Å². The molecule has 0 fully saturated rings. The van der Waals surface area contributed by atoms with Gasteiger partial charge in [0.2, 0.25) is 5.76 Å². The highest BCUT2D eigenvalue weighted by molar-refractivity contribution is 9.10. The van der Waals surface area contributed by atoms with Crippen molar-refractivity contribution in [3.8, 4) is 0 Å². The molecule has 1 N–H and O–H groups in total. The molecular formula is C13H10BrClO4. The summed E-state index contributed by atoms with van der Waals surface area (Å²) in [5, 5.41) is 10.7. The zero-order valence-electron chi connectivity index (χ0n) is 9.89. The van der Waals surface area contributed by atoms with Gasteiger partial charge in [-0.1, -0.05) is 27.5 Å². The molecule has 0 saturated heterocycles. The maximum Gasteiger partial charge on any atom is 0.373 e. The summed E-state index contributed by atoms with van der Waals surface area (Å²) >= 11 is 9.21. The highest BCUT2D eigenvalue weighted by Gasteiger charge is 2.18. The minimum Gasteiger partial charge on any atom is -0.463 e. The summed E-state index contributed by atoms with van der Waals surface area (Å²) < 4.78 is 10.5. The predicted octanol–water partition coefficient (Wildman–Crippen LogP) is 3.56. The molecule has 1 aromatic heterocycles. The number of furan rings is 1. The maximum absolute atomic E-state index is 11.3. The molecule has 1 unspecified atom stereocenters. The van der Waals surface area contributed by atoms with Gasteiger partial charge < -0.3 is 14.3 Å². The van der Waals surface area contributed by atoms with E-state index in [4.69, 9.17) is 16.0 Å². The number of hydrogen-bond donors (Lipinski definition) is 1. The van der Waals surface area contributed by atoms with E-state index in [1.54, 1.807) is 18.2 Å². The van der Waals surface area contributed by atoms with Crippen LogP contribution in [0.1, 0.15) is 28.0 Å². The fourth-order valence-corrected chi connectivity index (χ4v) is 2.49. The van der Waals surface area contributed by atoms with Crippen LogP contribution in [0, 0.1) is 0 Å². The Bertz CT molecular complexity index is 588. The third-order valence-corrected chi connectivity index (χ3v) is 3.16. The fourth-order valence-electron chi connectivity index (χ4n) is 1.61. The largest absolute Gasteiger partial charge is 0.463 e. The number of aliphatic hydroxyl groups excluding tert-OH is 1. The molecule has 0 aliphatic carbocycles. The molecule has 1 heterocycles. The normalized spacial score (nSPS) is 12.2. The van der Waals surface area contributed by atoms with E-state index in [-0.39, 0.29) is 11.5 Å². The van der Waals surface area contributed by atoms with Gasteiger partial charge in [-0.05, 0) is 35.9 Å². The van der Waals surface area contributed by atoms with Crippen LogP contribution in [0.15, 0.2) is 39.2 Å². The van der Waals surface area contributed by atoms with Crippen molar-refractivity contribution in [3.63, 3.8) is 0 Å². The van der Waals surface area contributed by atoms with Crippen molar-refractivity contribution in [1.29, 1.82) is 0 Å². The molecule has 4 nitrogen and oxygen atoms in total. The van der Waals surface area contributed by atoms with Gasteiger partial charge in [0.25, 0.3) is 0 Å². The molecule has 0 aliphatic heterocycles. The van der Waals surface area contributed by atoms with E-state index in [0.29, 0.717) is 10.6 Å². The molecule has 0 amide bonds. The van der Waals surface area contributed by atoms with E-state index in [2.05, 4.69) is 20.7 Å². The first-order valence-corrected chi connectivity index (χ1v) is 6.50. The van der Waals surface area contributed by atoms with E-state index in [1.165, 1.54) is 19.2 Å². The Hall–Kier alpha value is -1.30. The molecule has 19 heavy (non-hydrogen) atoms. The van der Waals surface area contributed by atoms with Gasteiger partial charge in [0.15, 0.2) is 0 Å². The standard InChI is InChI=1S/C13H10BrClO4/c1-18-13(17)11-3-2-10(19-11)12(16)7-4-8(14)6-9(15)5-7/h2-6,12,16H,1H3. The number of halogens is 2. The second-order valence-corrected chi connectivity index (χ2v) is 5.15. The quantitative estimate of drug-likeness (QED) is 0.864. The number of aliphatic hydroxyl groups is 1. The van der Waals surface area contributed by atoms with Crippen LogP contribution in [0.5, 0.6) is 0 Å². The van der Waals surface area contributed by atoms with E-state index >= 15 is 0 Å². The molecule has 100 valence electrons. The second-order valence-electron chi connectivity index (χ2n) is 3.80. The molecule has 2 aromatic rings. The smallest absolute Gasteiger partial charge is 0.373 e. The molecule has 1 aromatic carbocycles. The molecule has 1 atom stereocenters. The Labute approximate surface area is 123 Å². The summed E-state index contributed by atoms with van der Waals surface area (Å²) in [6.07, 6.45) is -1.01. The number of methoxy groups -OCH3 is 1. The average Bonchev–Trinajstić information content (AvgIpc) is 2.85. The molecule has 6 heteroatoms. The maximum atomic E-state index is 11.3. The van der Waals surface area contributed by atoms with Gasteiger partial charge in [-0.3, -0.25) is 0 Å². The first-order chi connectivity index (χ1) is 9.01. The van der Waals surface area contributed by atoms with Gasteiger partial charge in [-0.15, -0.1) is 0 Å². The van der Waals surface area contributed by atoms with Crippen molar-refractivity contribution < 1.29 is 19.1 Å². The Morgan fingerprint density at radius 1 is 1.42 bits per heavy atom. The monoisotopic (exact) mass is 344 g/mol. The van der Waals surface area contributed by atoms with E-state index in [9.17, 15) is 9.90 Å². The van der Waals surface area contributed by atoms with Crippen molar-refractivity contribution in [1.82, 2.24) is 0 Å². The summed E-state index contributed by atoms with van der Waals surface area (Å²) in [4.78, 5) is 11.3. The lowest BCUT2D eigenvalue weighted by Gasteiger charge is -2.09. The Kier molecular flexibility index (Phi) is 4.29. The van der Waals surface area contributed by atoms with Gasteiger partial charge in [0, 0.05) is 9.50 Å². The number of hydrogen-bond acceptors (Lipinski definition) is 4. The van der Waals surface area contributed by atoms with Crippen LogP contribution in [-0.2, 0) is 4.74 Å². The van der Waals surface area contributed by atoms with Crippen LogP contribution in [0.3, 0.4) is 0 Å². The average molecular weight is 346 g/mol. The van der Waals surface area contributed by atoms with Crippen molar-refractivity contribution in [2.75, 3.05) is 7.11 Å². The number of benzene rings is 1. The van der Waals surface area contributed by atoms with Crippen molar-refractivity contribution >= 4 is 33.5 Å². The first-order valence-electron chi connectivity index (χ1n) is 5.33. The van der Waals surface area contributed by atoms with Crippen LogP contribution >= 0.6 is 27.5 Å². The van der Waals surface area contributed by atoms with Crippen LogP contribution in [0.2, 0.25) is 5.02 Å². The van der Waals surface area contributed by atoms with Gasteiger partial charge >= 0.3 is 5.97 Å². The lowest BCUT2D eigenvalue weighted by molar-refractivity contribution is 0.0558. The molecule has 2 rings (SSSR count). The van der Waals surface area contributed by atoms with Crippen LogP contribution in [-0.4, -0.2) is 18.2 Å². The summed E-state index contributed by atoms with van der Waals surface area (Å²) in [6.45, 7) is 0. The third-order valence-electron chi connectivity index (χ3n) is 2.48. The predicted molar refractivity (Wildman–Crippen MR) is 73.3 cm³/mol. The first kappa shape index (κ1) is 14.1. The molecule has 0 aliphatic rings. The van der Waals surface area contributed by atoms with Crippen molar-refractivity contribution in [3.05, 3.63) is 56.9 Å². The molecule has 0 saturated carbocycles. The second kappa shape index (κ2) is 5.77. The molecular weight excluding hydrogens is 335 g/mol. The zero-order chi connectivity index (χ0) is 14.0. The summed E-state index contributed by atoms with van der Waals surface area (Å²) in [7, 11) is 1.26. The van der Waals surface area contributed by atoms with E-state index in [1.807, 2.05) is 0 Å². The SMILES string of the molecule is COC(=O)c1ccc(C(O)c2cc(Cl)cc(Br)c2)o1. The van der Waals surface area contributed by atoms with Gasteiger partial charge in [0.05, 0.1) is 7.11 Å². The summed E-state index contributed by atoms with van der Waals surface area (Å²) in [6, 6.07) is 8.02. The third kappa shape index (κ3) is 3.18. The zero-order valence-corrected chi connectivity index (χ0v) is 12.2. The summed E-state index contributed by atoms with van der Waals surface area (Å²) in [5.74, 6) is -0.307. The van der Waals surface area contributed by atoms with Crippen LogP contribution in [0.25, 0.3) is 0 Å².